The first-order valence-corrected chi connectivity index (χ1v) is 10.0. The molecular weight excluding hydrogens is 356 g/mol. The quantitative estimate of drug-likeness (QED) is 0.271. The lowest BCUT2D eigenvalue weighted by Crippen LogP contribution is -2.14. The maximum Gasteiger partial charge on any atom is 0.136 e. The molecule has 2 nitrogen and oxygen atoms in total. The molecule has 0 fully saturated rings. The van der Waals surface area contributed by atoms with Crippen molar-refractivity contribution < 1.29 is 8.83 Å². The Balaban J connectivity index is 1.60. The Morgan fingerprint density at radius 2 is 0.966 bits per heavy atom. The van der Waals surface area contributed by atoms with Gasteiger partial charge in [0.1, 0.15) is 22.3 Å². The van der Waals surface area contributed by atoms with Gasteiger partial charge in [-0.15, -0.1) is 0 Å². The molecule has 0 aliphatic heterocycles. The van der Waals surface area contributed by atoms with Crippen molar-refractivity contribution in [3.63, 3.8) is 0 Å². The normalized spacial score (nSPS) is 14.8. The fraction of sp³-hybridized carbons (Fsp3) is 0.111. The molecule has 0 N–H and O–H groups in total. The minimum atomic E-state index is -0.0796. The van der Waals surface area contributed by atoms with E-state index >= 15 is 0 Å². The summed E-state index contributed by atoms with van der Waals surface area (Å²) in [7, 11) is 0. The summed E-state index contributed by atoms with van der Waals surface area (Å²) in [5.41, 5.74) is 8.89. The van der Waals surface area contributed by atoms with Gasteiger partial charge in [-0.1, -0.05) is 50.2 Å². The van der Waals surface area contributed by atoms with E-state index in [2.05, 4.69) is 62.4 Å². The Morgan fingerprint density at radius 3 is 1.45 bits per heavy atom. The van der Waals surface area contributed by atoms with E-state index in [1.807, 2.05) is 24.3 Å². The summed E-state index contributed by atoms with van der Waals surface area (Å²) in [6.45, 7) is 4.64. The van der Waals surface area contributed by atoms with Gasteiger partial charge < -0.3 is 8.83 Å². The SMILES string of the molecule is CC1(C)c2cc3c(cc2-c2cc4oc5ccccc5c4cc21)oc1ccccc13. The maximum atomic E-state index is 6.17. The molecule has 0 amide bonds. The predicted octanol–water partition coefficient (Wildman–Crippen LogP) is 7.79. The predicted molar refractivity (Wildman–Crippen MR) is 119 cm³/mol. The first kappa shape index (κ1) is 15.4. The summed E-state index contributed by atoms with van der Waals surface area (Å²) in [6, 6.07) is 25.6. The molecule has 0 saturated heterocycles. The van der Waals surface area contributed by atoms with Crippen molar-refractivity contribution in [2.75, 3.05) is 0 Å². The average molecular weight is 374 g/mol. The molecule has 6 aromatic rings. The molecule has 0 unspecified atom stereocenters. The monoisotopic (exact) mass is 374 g/mol. The first-order chi connectivity index (χ1) is 14.1. The summed E-state index contributed by atoms with van der Waals surface area (Å²) < 4.78 is 12.3. The van der Waals surface area contributed by atoms with E-state index in [4.69, 9.17) is 8.83 Å². The van der Waals surface area contributed by atoms with Gasteiger partial charge in [0.15, 0.2) is 0 Å². The van der Waals surface area contributed by atoms with E-state index in [9.17, 15) is 0 Å². The van der Waals surface area contributed by atoms with Gasteiger partial charge >= 0.3 is 0 Å². The zero-order valence-electron chi connectivity index (χ0n) is 16.2. The highest BCUT2D eigenvalue weighted by Crippen LogP contribution is 2.52. The molecule has 1 aliphatic rings. The summed E-state index contributed by atoms with van der Waals surface area (Å²) in [5.74, 6) is 0. The van der Waals surface area contributed by atoms with Gasteiger partial charge in [0.2, 0.25) is 0 Å². The number of fused-ring (bicyclic) bond motifs is 9. The zero-order chi connectivity index (χ0) is 19.3. The Hall–Kier alpha value is -3.52. The topological polar surface area (TPSA) is 26.3 Å². The molecule has 0 radical (unpaired) electrons. The Bertz CT molecular complexity index is 1500. The molecule has 0 atom stereocenters. The van der Waals surface area contributed by atoms with Crippen molar-refractivity contribution in [3.05, 3.63) is 83.9 Å². The number of hydrogen-bond donors (Lipinski definition) is 0. The van der Waals surface area contributed by atoms with Crippen LogP contribution in [0.3, 0.4) is 0 Å². The van der Waals surface area contributed by atoms with Crippen LogP contribution in [-0.2, 0) is 5.41 Å². The molecule has 4 aromatic carbocycles. The van der Waals surface area contributed by atoms with E-state index < -0.39 is 0 Å². The second kappa shape index (κ2) is 4.90. The van der Waals surface area contributed by atoms with Crippen LogP contribution in [0.15, 0.2) is 81.6 Å². The van der Waals surface area contributed by atoms with Gasteiger partial charge in [-0.25, -0.2) is 0 Å². The molecule has 29 heavy (non-hydrogen) atoms. The van der Waals surface area contributed by atoms with Crippen LogP contribution in [0.2, 0.25) is 0 Å². The van der Waals surface area contributed by atoms with Crippen LogP contribution in [0.25, 0.3) is 55.0 Å². The third-order valence-electron chi connectivity index (χ3n) is 6.67. The van der Waals surface area contributed by atoms with E-state index in [-0.39, 0.29) is 5.41 Å². The van der Waals surface area contributed by atoms with Gasteiger partial charge in [0.25, 0.3) is 0 Å². The molecule has 2 aromatic heterocycles. The van der Waals surface area contributed by atoms with E-state index in [1.165, 1.54) is 43.8 Å². The maximum absolute atomic E-state index is 6.17. The lowest BCUT2D eigenvalue weighted by Gasteiger charge is -2.21. The number of rotatable bonds is 0. The average Bonchev–Trinajstić information content (AvgIpc) is 3.34. The minimum Gasteiger partial charge on any atom is -0.456 e. The van der Waals surface area contributed by atoms with E-state index in [0.29, 0.717) is 0 Å². The van der Waals surface area contributed by atoms with Crippen LogP contribution < -0.4 is 0 Å². The van der Waals surface area contributed by atoms with Crippen LogP contribution in [0, 0.1) is 0 Å². The van der Waals surface area contributed by atoms with Gasteiger partial charge in [0.05, 0.1) is 0 Å². The third-order valence-corrected chi connectivity index (χ3v) is 6.67. The highest BCUT2D eigenvalue weighted by atomic mass is 16.3. The molecule has 2 heteroatoms. The molecule has 0 bridgehead atoms. The summed E-state index contributed by atoms with van der Waals surface area (Å²) in [6.07, 6.45) is 0. The number of benzene rings is 4. The van der Waals surface area contributed by atoms with Crippen LogP contribution in [0.5, 0.6) is 0 Å². The van der Waals surface area contributed by atoms with Gasteiger partial charge in [-0.3, -0.25) is 0 Å². The molecule has 2 heterocycles. The summed E-state index contributed by atoms with van der Waals surface area (Å²) in [4.78, 5) is 0. The fourth-order valence-electron chi connectivity index (χ4n) is 5.17. The number of hydrogen-bond acceptors (Lipinski definition) is 2. The lowest BCUT2D eigenvalue weighted by molar-refractivity contribution is 0.656. The Kier molecular flexibility index (Phi) is 2.60. The molecule has 7 rings (SSSR count). The Morgan fingerprint density at radius 1 is 0.517 bits per heavy atom. The van der Waals surface area contributed by atoms with E-state index in [0.717, 1.165) is 22.3 Å². The van der Waals surface area contributed by atoms with Crippen molar-refractivity contribution in [1.82, 2.24) is 0 Å². The number of para-hydroxylation sites is 2. The second-order valence-corrected chi connectivity index (χ2v) is 8.61. The molecular formula is C27H18O2. The van der Waals surface area contributed by atoms with Crippen LogP contribution in [0.1, 0.15) is 25.0 Å². The summed E-state index contributed by atoms with van der Waals surface area (Å²) >= 11 is 0. The second-order valence-electron chi connectivity index (χ2n) is 8.61. The zero-order valence-corrected chi connectivity index (χ0v) is 16.2. The van der Waals surface area contributed by atoms with Crippen LogP contribution in [-0.4, -0.2) is 0 Å². The Labute approximate surface area is 167 Å². The van der Waals surface area contributed by atoms with Crippen molar-refractivity contribution in [2.24, 2.45) is 0 Å². The smallest absolute Gasteiger partial charge is 0.136 e. The highest BCUT2D eigenvalue weighted by Gasteiger charge is 2.37. The van der Waals surface area contributed by atoms with Crippen LogP contribution >= 0.6 is 0 Å². The van der Waals surface area contributed by atoms with Gasteiger partial charge in [-0.2, -0.15) is 0 Å². The highest BCUT2D eigenvalue weighted by molar-refractivity contribution is 6.10. The molecule has 0 saturated carbocycles. The molecule has 0 spiro atoms. The van der Waals surface area contributed by atoms with Gasteiger partial charge in [-0.05, 0) is 58.7 Å². The van der Waals surface area contributed by atoms with Crippen LogP contribution in [0.4, 0.5) is 0 Å². The lowest BCUT2D eigenvalue weighted by atomic mass is 9.81. The van der Waals surface area contributed by atoms with E-state index in [1.54, 1.807) is 0 Å². The largest absolute Gasteiger partial charge is 0.456 e. The molecule has 138 valence electrons. The molecule has 1 aliphatic carbocycles. The van der Waals surface area contributed by atoms with Crippen molar-refractivity contribution in [1.29, 1.82) is 0 Å². The minimum absolute atomic E-state index is 0.0796. The summed E-state index contributed by atoms with van der Waals surface area (Å²) in [5, 5.41) is 4.73. The standard InChI is InChI=1S/C27H18O2/c1-27(2)21-11-19-15-7-3-5-9-23(15)28-25(19)13-17(21)18-14-26-20(12-22(18)27)16-8-4-6-10-24(16)29-26/h3-14H,1-2H3. The third kappa shape index (κ3) is 1.82. The van der Waals surface area contributed by atoms with Gasteiger partial charge in [0, 0.05) is 27.0 Å². The fourth-order valence-corrected chi connectivity index (χ4v) is 5.17. The number of furan rings is 2. The van der Waals surface area contributed by atoms with Crippen molar-refractivity contribution in [2.45, 2.75) is 19.3 Å². The van der Waals surface area contributed by atoms with Crippen molar-refractivity contribution in [3.8, 4) is 11.1 Å². The first-order valence-electron chi connectivity index (χ1n) is 10.0. The van der Waals surface area contributed by atoms with Crippen molar-refractivity contribution >= 4 is 43.9 Å².